The highest BCUT2D eigenvalue weighted by Crippen LogP contribution is 2.18. The molecule has 0 aliphatic heterocycles. The van der Waals surface area contributed by atoms with Crippen LogP contribution in [-0.4, -0.2) is 4.98 Å². The van der Waals surface area contributed by atoms with E-state index in [1.54, 1.807) is 0 Å². The monoisotopic (exact) mass is 211 g/mol. The van der Waals surface area contributed by atoms with Crippen molar-refractivity contribution in [1.29, 1.82) is 0 Å². The molecule has 0 aliphatic rings. The molecule has 0 atom stereocenters. The number of halogens is 1. The first-order chi connectivity index (χ1) is 5.42. The van der Waals surface area contributed by atoms with Crippen LogP contribution in [0, 0.1) is 0 Å². The summed E-state index contributed by atoms with van der Waals surface area (Å²) in [6.07, 6.45) is 1.47. The van der Waals surface area contributed by atoms with Crippen LogP contribution in [0.2, 0.25) is 0 Å². The van der Waals surface area contributed by atoms with E-state index >= 15 is 0 Å². The summed E-state index contributed by atoms with van der Waals surface area (Å²) in [5.74, 6) is 0. The lowest BCUT2D eigenvalue weighted by molar-refractivity contribution is 0.599. The highest BCUT2D eigenvalue weighted by Gasteiger charge is 2.01. The summed E-state index contributed by atoms with van der Waals surface area (Å²) in [6.45, 7) is 0. The van der Waals surface area contributed by atoms with Gasteiger partial charge in [0.15, 0.2) is 12.0 Å². The van der Waals surface area contributed by atoms with E-state index in [0.717, 1.165) is 22.0 Å². The van der Waals surface area contributed by atoms with Gasteiger partial charge in [-0.15, -0.1) is 0 Å². The van der Waals surface area contributed by atoms with E-state index in [9.17, 15) is 0 Å². The largest absolute Gasteiger partial charge is 0.443 e. The van der Waals surface area contributed by atoms with Crippen LogP contribution in [-0.2, 0) is 5.33 Å². The lowest BCUT2D eigenvalue weighted by atomic mass is 10.2. The molecule has 0 bridgehead atoms. The van der Waals surface area contributed by atoms with Crippen LogP contribution in [0.1, 0.15) is 5.56 Å². The smallest absolute Gasteiger partial charge is 0.181 e. The van der Waals surface area contributed by atoms with E-state index < -0.39 is 0 Å². The highest BCUT2D eigenvalue weighted by atomic mass is 79.9. The van der Waals surface area contributed by atoms with Crippen molar-refractivity contribution >= 4 is 27.0 Å². The number of hydrogen-bond donors (Lipinski definition) is 0. The van der Waals surface area contributed by atoms with Crippen LogP contribution in [0.3, 0.4) is 0 Å². The molecule has 0 aliphatic carbocycles. The average molecular weight is 212 g/mol. The molecule has 0 unspecified atom stereocenters. The molecule has 0 fully saturated rings. The van der Waals surface area contributed by atoms with Gasteiger partial charge in [-0.1, -0.05) is 28.1 Å². The molecule has 3 heteroatoms. The van der Waals surface area contributed by atoms with Gasteiger partial charge in [-0.2, -0.15) is 0 Å². The maximum Gasteiger partial charge on any atom is 0.181 e. The molecule has 0 N–H and O–H groups in total. The Hall–Kier alpha value is -0.830. The third-order valence-electron chi connectivity index (χ3n) is 1.58. The van der Waals surface area contributed by atoms with Crippen molar-refractivity contribution in [2.45, 2.75) is 5.33 Å². The Balaban J connectivity index is 2.79. The van der Waals surface area contributed by atoms with Crippen molar-refractivity contribution in [3.8, 4) is 0 Å². The Morgan fingerprint density at radius 2 is 2.36 bits per heavy atom. The normalized spacial score (nSPS) is 10.6. The molecule has 0 amide bonds. The molecule has 0 saturated carbocycles. The van der Waals surface area contributed by atoms with Crippen molar-refractivity contribution in [3.05, 3.63) is 30.2 Å². The summed E-state index contributed by atoms with van der Waals surface area (Å²) >= 11 is 3.38. The fraction of sp³-hybridized carbons (Fsp3) is 0.125. The minimum Gasteiger partial charge on any atom is -0.443 e. The van der Waals surface area contributed by atoms with Crippen molar-refractivity contribution in [3.63, 3.8) is 0 Å². The molecular weight excluding hydrogens is 206 g/mol. The summed E-state index contributed by atoms with van der Waals surface area (Å²) in [5.41, 5.74) is 2.94. The Kier molecular flexibility index (Phi) is 1.66. The van der Waals surface area contributed by atoms with E-state index in [2.05, 4.69) is 20.9 Å². The molecule has 0 radical (unpaired) electrons. The molecule has 56 valence electrons. The fourth-order valence-electron chi connectivity index (χ4n) is 1.05. The molecule has 2 rings (SSSR count). The zero-order valence-corrected chi connectivity index (χ0v) is 7.34. The summed E-state index contributed by atoms with van der Waals surface area (Å²) in [5, 5.41) is 0.805. The Bertz CT molecular complexity index is 369. The number of nitrogens with zero attached hydrogens (tertiary/aromatic N) is 1. The van der Waals surface area contributed by atoms with Crippen molar-refractivity contribution in [2.75, 3.05) is 0 Å². The third kappa shape index (κ3) is 1.05. The SMILES string of the molecule is BrCc1cccc2ncoc12. The van der Waals surface area contributed by atoms with Crippen LogP contribution in [0.15, 0.2) is 29.0 Å². The number of aromatic nitrogens is 1. The van der Waals surface area contributed by atoms with Crippen LogP contribution in [0.5, 0.6) is 0 Å². The molecular formula is C8H6BrNO. The molecule has 0 spiro atoms. The highest BCUT2D eigenvalue weighted by molar-refractivity contribution is 9.08. The van der Waals surface area contributed by atoms with Crippen LogP contribution in [0.4, 0.5) is 0 Å². The maximum atomic E-state index is 5.20. The van der Waals surface area contributed by atoms with Gasteiger partial charge in [0.25, 0.3) is 0 Å². The lowest BCUT2D eigenvalue weighted by Gasteiger charge is -1.93. The Morgan fingerprint density at radius 1 is 1.45 bits per heavy atom. The van der Waals surface area contributed by atoms with E-state index in [1.807, 2.05) is 18.2 Å². The number of rotatable bonds is 1. The predicted molar refractivity (Wildman–Crippen MR) is 46.6 cm³/mol. The number of benzene rings is 1. The predicted octanol–water partition coefficient (Wildman–Crippen LogP) is 2.72. The first kappa shape index (κ1) is 6.85. The summed E-state index contributed by atoms with van der Waals surface area (Å²) in [4.78, 5) is 4.04. The standard InChI is InChI=1S/C8H6BrNO/c9-4-6-2-1-3-7-8(6)11-5-10-7/h1-3,5H,4H2. The van der Waals surface area contributed by atoms with Crippen LogP contribution in [0.25, 0.3) is 11.1 Å². The van der Waals surface area contributed by atoms with Gasteiger partial charge in [-0.3, -0.25) is 0 Å². The van der Waals surface area contributed by atoms with Gasteiger partial charge >= 0.3 is 0 Å². The fourth-order valence-corrected chi connectivity index (χ4v) is 1.49. The van der Waals surface area contributed by atoms with E-state index in [1.165, 1.54) is 6.39 Å². The van der Waals surface area contributed by atoms with Gasteiger partial charge in [0.05, 0.1) is 0 Å². The van der Waals surface area contributed by atoms with Gasteiger partial charge < -0.3 is 4.42 Å². The van der Waals surface area contributed by atoms with Crippen molar-refractivity contribution < 1.29 is 4.42 Å². The van der Waals surface area contributed by atoms with E-state index in [4.69, 9.17) is 4.42 Å². The average Bonchev–Trinajstić information content (AvgIpc) is 2.50. The summed E-state index contributed by atoms with van der Waals surface area (Å²) in [6, 6.07) is 5.93. The summed E-state index contributed by atoms with van der Waals surface area (Å²) in [7, 11) is 0. The summed E-state index contributed by atoms with van der Waals surface area (Å²) < 4.78 is 5.20. The van der Waals surface area contributed by atoms with Crippen LogP contribution >= 0.6 is 15.9 Å². The number of para-hydroxylation sites is 1. The Labute approximate surface area is 72.4 Å². The molecule has 2 aromatic rings. The minimum atomic E-state index is 0.805. The molecule has 1 aromatic heterocycles. The second kappa shape index (κ2) is 2.66. The molecule has 11 heavy (non-hydrogen) atoms. The number of fused-ring (bicyclic) bond motifs is 1. The van der Waals surface area contributed by atoms with E-state index in [-0.39, 0.29) is 0 Å². The van der Waals surface area contributed by atoms with Gasteiger partial charge in [0, 0.05) is 10.9 Å². The van der Waals surface area contributed by atoms with Gasteiger partial charge in [-0.05, 0) is 6.07 Å². The molecule has 1 aromatic carbocycles. The van der Waals surface area contributed by atoms with Gasteiger partial charge in [0.2, 0.25) is 0 Å². The first-order valence-corrected chi connectivity index (χ1v) is 4.41. The molecule has 0 saturated heterocycles. The third-order valence-corrected chi connectivity index (χ3v) is 2.19. The number of hydrogen-bond acceptors (Lipinski definition) is 2. The quantitative estimate of drug-likeness (QED) is 0.679. The lowest BCUT2D eigenvalue weighted by Crippen LogP contribution is -1.76. The second-order valence-electron chi connectivity index (χ2n) is 2.25. The first-order valence-electron chi connectivity index (χ1n) is 3.29. The van der Waals surface area contributed by atoms with E-state index in [0.29, 0.717) is 0 Å². The zero-order chi connectivity index (χ0) is 7.68. The maximum absolute atomic E-state index is 5.20. The van der Waals surface area contributed by atoms with Crippen molar-refractivity contribution in [1.82, 2.24) is 4.98 Å². The molecule has 2 nitrogen and oxygen atoms in total. The van der Waals surface area contributed by atoms with Crippen molar-refractivity contribution in [2.24, 2.45) is 0 Å². The topological polar surface area (TPSA) is 26.0 Å². The Morgan fingerprint density at radius 3 is 3.18 bits per heavy atom. The van der Waals surface area contributed by atoms with Crippen LogP contribution < -0.4 is 0 Å². The number of alkyl halides is 1. The van der Waals surface area contributed by atoms with Gasteiger partial charge in [-0.25, -0.2) is 4.98 Å². The second-order valence-corrected chi connectivity index (χ2v) is 2.81. The van der Waals surface area contributed by atoms with Gasteiger partial charge in [0.1, 0.15) is 5.52 Å². The minimum absolute atomic E-state index is 0.805. The zero-order valence-electron chi connectivity index (χ0n) is 5.75. The number of oxazole rings is 1. The molecule has 1 heterocycles.